The largest absolute Gasteiger partial charge is 0.497 e. The summed E-state index contributed by atoms with van der Waals surface area (Å²) in [5.41, 5.74) is 1.64. The van der Waals surface area contributed by atoms with Crippen molar-refractivity contribution in [1.82, 2.24) is 15.2 Å². The first kappa shape index (κ1) is 19.9. The molecule has 0 radical (unpaired) electrons. The topological polar surface area (TPSA) is 83.6 Å². The maximum absolute atomic E-state index is 12.5. The van der Waals surface area contributed by atoms with Crippen molar-refractivity contribution in [2.45, 2.75) is 25.3 Å². The van der Waals surface area contributed by atoms with Crippen LogP contribution in [0, 0.1) is 0 Å². The van der Waals surface area contributed by atoms with Gasteiger partial charge in [-0.1, -0.05) is 23.7 Å². The van der Waals surface area contributed by atoms with E-state index in [9.17, 15) is 9.59 Å². The van der Waals surface area contributed by atoms with Gasteiger partial charge in [-0.2, -0.15) is 0 Å². The third-order valence-corrected chi connectivity index (χ3v) is 5.13. The number of urea groups is 1. The molecule has 2 N–H and O–H groups in total. The van der Waals surface area contributed by atoms with E-state index in [1.165, 1.54) is 6.20 Å². The van der Waals surface area contributed by atoms with E-state index in [-0.39, 0.29) is 23.9 Å². The molecule has 28 heavy (non-hydrogen) atoms. The molecule has 3 rings (SSSR count). The number of carbonyl (C=O) groups is 2. The predicted molar refractivity (Wildman–Crippen MR) is 108 cm³/mol. The fourth-order valence-electron chi connectivity index (χ4n) is 3.42. The summed E-state index contributed by atoms with van der Waals surface area (Å²) in [6.07, 6.45) is 2.25. The number of amides is 3. The molecule has 2 unspecified atom stereocenters. The van der Waals surface area contributed by atoms with Crippen LogP contribution in [0.3, 0.4) is 0 Å². The Labute approximate surface area is 169 Å². The number of carbonyl (C=O) groups excluding carboxylic acids is 2. The van der Waals surface area contributed by atoms with E-state index in [1.54, 1.807) is 31.1 Å². The van der Waals surface area contributed by atoms with E-state index in [0.717, 1.165) is 17.7 Å². The maximum atomic E-state index is 12.5. The highest BCUT2D eigenvalue weighted by molar-refractivity contribution is 6.29. The highest BCUT2D eigenvalue weighted by Crippen LogP contribution is 2.30. The number of nitrogens with zero attached hydrogens (tertiary/aromatic N) is 2. The minimum atomic E-state index is -0.349. The molecule has 7 nitrogen and oxygen atoms in total. The highest BCUT2D eigenvalue weighted by Gasteiger charge is 2.32. The number of piperidine rings is 1. The van der Waals surface area contributed by atoms with Crippen LogP contribution in [-0.4, -0.2) is 48.1 Å². The standard InChI is InChI=1S/C20H23ClN4O3/c1-13(26)25-10-9-17(14-3-6-16(28-2)7-4-14)18(12-25)24-20(27)23-15-5-8-19(21)22-11-15/h3-8,11,17-18H,9-10,12H2,1-2H3,(H2,23,24,27). The lowest BCUT2D eigenvalue weighted by Gasteiger charge is -2.38. The van der Waals surface area contributed by atoms with Crippen LogP contribution in [0.5, 0.6) is 5.75 Å². The van der Waals surface area contributed by atoms with E-state index in [0.29, 0.717) is 23.9 Å². The first-order valence-electron chi connectivity index (χ1n) is 9.05. The fourth-order valence-corrected chi connectivity index (χ4v) is 3.53. The monoisotopic (exact) mass is 402 g/mol. The molecule has 1 fully saturated rings. The van der Waals surface area contributed by atoms with E-state index in [2.05, 4.69) is 15.6 Å². The lowest BCUT2D eigenvalue weighted by molar-refractivity contribution is -0.130. The van der Waals surface area contributed by atoms with Crippen molar-refractivity contribution in [3.05, 3.63) is 53.3 Å². The molecule has 2 heterocycles. The van der Waals surface area contributed by atoms with Crippen LogP contribution in [0.25, 0.3) is 0 Å². The number of halogens is 1. The van der Waals surface area contributed by atoms with Crippen LogP contribution in [-0.2, 0) is 4.79 Å². The van der Waals surface area contributed by atoms with Gasteiger partial charge in [0, 0.05) is 25.9 Å². The quantitative estimate of drug-likeness (QED) is 0.769. The molecule has 0 saturated carbocycles. The number of anilines is 1. The molecule has 0 aliphatic carbocycles. The summed E-state index contributed by atoms with van der Waals surface area (Å²) in [4.78, 5) is 30.1. The van der Waals surface area contributed by atoms with Crippen molar-refractivity contribution in [3.8, 4) is 5.75 Å². The van der Waals surface area contributed by atoms with E-state index >= 15 is 0 Å². The molecule has 1 aromatic carbocycles. The third-order valence-electron chi connectivity index (χ3n) is 4.90. The summed E-state index contributed by atoms with van der Waals surface area (Å²) in [6.45, 7) is 2.66. The van der Waals surface area contributed by atoms with Gasteiger partial charge in [0.2, 0.25) is 5.91 Å². The molecule has 0 bridgehead atoms. The number of benzene rings is 1. The number of likely N-dealkylation sites (tertiary alicyclic amines) is 1. The number of nitrogens with one attached hydrogen (secondary N) is 2. The molecule has 148 valence electrons. The van der Waals surface area contributed by atoms with Crippen molar-refractivity contribution < 1.29 is 14.3 Å². The average Bonchev–Trinajstić information content (AvgIpc) is 2.69. The van der Waals surface area contributed by atoms with Gasteiger partial charge >= 0.3 is 6.03 Å². The van der Waals surface area contributed by atoms with Gasteiger partial charge in [-0.15, -0.1) is 0 Å². The van der Waals surface area contributed by atoms with Crippen LogP contribution >= 0.6 is 11.6 Å². The molecule has 8 heteroatoms. The lowest BCUT2D eigenvalue weighted by Crippen LogP contribution is -2.53. The number of pyridine rings is 1. The van der Waals surface area contributed by atoms with Crippen LogP contribution < -0.4 is 15.4 Å². The summed E-state index contributed by atoms with van der Waals surface area (Å²) >= 11 is 5.77. The van der Waals surface area contributed by atoms with E-state index in [1.807, 2.05) is 24.3 Å². The second-order valence-corrected chi connectivity index (χ2v) is 7.10. The van der Waals surface area contributed by atoms with Gasteiger partial charge in [-0.05, 0) is 36.2 Å². The summed E-state index contributed by atoms with van der Waals surface area (Å²) < 4.78 is 5.22. The van der Waals surface area contributed by atoms with Gasteiger partial charge in [0.05, 0.1) is 25.0 Å². The number of ether oxygens (including phenoxy) is 1. The predicted octanol–water partition coefficient (Wildman–Crippen LogP) is 3.27. The number of hydrogen-bond donors (Lipinski definition) is 2. The number of rotatable bonds is 4. The second-order valence-electron chi connectivity index (χ2n) is 6.71. The van der Waals surface area contributed by atoms with Gasteiger partial charge < -0.3 is 20.3 Å². The second kappa shape index (κ2) is 8.93. The van der Waals surface area contributed by atoms with Crippen LogP contribution in [0.2, 0.25) is 5.15 Å². The summed E-state index contributed by atoms with van der Waals surface area (Å²) in [5, 5.41) is 6.12. The van der Waals surface area contributed by atoms with Crippen LogP contribution in [0.4, 0.5) is 10.5 Å². The Balaban J connectivity index is 1.73. The van der Waals surface area contributed by atoms with E-state index < -0.39 is 0 Å². The number of aromatic nitrogens is 1. The summed E-state index contributed by atoms with van der Waals surface area (Å²) in [6, 6.07) is 10.5. The molecule has 1 aromatic heterocycles. The smallest absolute Gasteiger partial charge is 0.319 e. The molecule has 0 spiro atoms. The van der Waals surface area contributed by atoms with Gasteiger partial charge in [-0.3, -0.25) is 4.79 Å². The molecule has 1 saturated heterocycles. The SMILES string of the molecule is COc1ccc(C2CCN(C(C)=O)CC2NC(=O)Nc2ccc(Cl)nc2)cc1. The normalized spacial score (nSPS) is 19.0. The summed E-state index contributed by atoms with van der Waals surface area (Å²) in [5.74, 6) is 0.875. The zero-order valence-corrected chi connectivity index (χ0v) is 16.6. The Morgan fingerprint density at radius 2 is 1.96 bits per heavy atom. The Morgan fingerprint density at radius 1 is 1.21 bits per heavy atom. The molecule has 1 aliphatic rings. The van der Waals surface area contributed by atoms with Crippen molar-refractivity contribution in [2.75, 3.05) is 25.5 Å². The first-order valence-corrected chi connectivity index (χ1v) is 9.42. The average molecular weight is 403 g/mol. The number of methoxy groups -OCH3 is 1. The Kier molecular flexibility index (Phi) is 6.36. The number of hydrogen-bond acceptors (Lipinski definition) is 4. The maximum Gasteiger partial charge on any atom is 0.319 e. The van der Waals surface area contributed by atoms with Crippen molar-refractivity contribution >= 4 is 29.2 Å². The Bertz CT molecular complexity index is 826. The minimum Gasteiger partial charge on any atom is -0.497 e. The zero-order chi connectivity index (χ0) is 20.1. The van der Waals surface area contributed by atoms with Crippen molar-refractivity contribution in [1.29, 1.82) is 0 Å². The van der Waals surface area contributed by atoms with Gasteiger partial charge in [0.25, 0.3) is 0 Å². The molecule has 1 aliphatic heterocycles. The fraction of sp³-hybridized carbons (Fsp3) is 0.350. The van der Waals surface area contributed by atoms with Gasteiger partial charge in [0.15, 0.2) is 0 Å². The third kappa shape index (κ3) is 4.92. The molecule has 2 aromatic rings. The zero-order valence-electron chi connectivity index (χ0n) is 15.8. The van der Waals surface area contributed by atoms with E-state index in [4.69, 9.17) is 16.3 Å². The lowest BCUT2D eigenvalue weighted by atomic mass is 9.85. The molecular weight excluding hydrogens is 380 g/mol. The summed E-state index contributed by atoms with van der Waals surface area (Å²) in [7, 11) is 1.63. The molecule has 3 amide bonds. The first-order chi connectivity index (χ1) is 13.5. The Hall–Kier alpha value is -2.80. The van der Waals surface area contributed by atoms with Crippen LogP contribution in [0.1, 0.15) is 24.8 Å². The van der Waals surface area contributed by atoms with Crippen LogP contribution in [0.15, 0.2) is 42.6 Å². The highest BCUT2D eigenvalue weighted by atomic mass is 35.5. The Morgan fingerprint density at radius 3 is 2.57 bits per heavy atom. The molecule has 2 atom stereocenters. The molecular formula is C20H23ClN4O3. The van der Waals surface area contributed by atoms with Gasteiger partial charge in [-0.25, -0.2) is 9.78 Å². The van der Waals surface area contributed by atoms with Gasteiger partial charge in [0.1, 0.15) is 10.9 Å². The van der Waals surface area contributed by atoms with Crippen molar-refractivity contribution in [3.63, 3.8) is 0 Å². The minimum absolute atomic E-state index is 0.00212. The van der Waals surface area contributed by atoms with Crippen molar-refractivity contribution in [2.24, 2.45) is 0 Å².